The van der Waals surface area contributed by atoms with Gasteiger partial charge in [0.1, 0.15) is 0 Å². The minimum absolute atomic E-state index is 0.00953. The van der Waals surface area contributed by atoms with E-state index in [1.54, 1.807) is 0 Å². The summed E-state index contributed by atoms with van der Waals surface area (Å²) in [6.45, 7) is 0.311. The number of nitrogens with one attached hydrogen (secondary N) is 2. The molecule has 1 aliphatic heterocycles. The summed E-state index contributed by atoms with van der Waals surface area (Å²) >= 11 is 0. The van der Waals surface area contributed by atoms with E-state index in [1.807, 2.05) is 54.6 Å². The molecule has 2 aromatic rings. The first kappa shape index (κ1) is 18.6. The number of hydrogen-bond acceptors (Lipinski definition) is 4. The number of rotatable bonds is 5. The Morgan fingerprint density at radius 1 is 1.00 bits per heavy atom. The number of aliphatic hydroxyl groups excluding tert-OH is 1. The molecule has 3 atom stereocenters. The summed E-state index contributed by atoms with van der Waals surface area (Å²) in [6, 6.07) is 17.6. The maximum atomic E-state index is 11.3. The molecular weight excluding hydrogens is 348 g/mol. The zero-order valence-electron chi connectivity index (χ0n) is 14.5. The Balaban J connectivity index is 1.71. The molecule has 0 saturated carbocycles. The first-order valence-corrected chi connectivity index (χ1v) is 10.3. The van der Waals surface area contributed by atoms with Crippen LogP contribution in [0, 0.1) is 11.8 Å². The summed E-state index contributed by atoms with van der Waals surface area (Å²) in [5.41, 5.74) is 2.94. The van der Waals surface area contributed by atoms with Gasteiger partial charge in [0.05, 0.1) is 12.9 Å². The normalized spacial score (nSPS) is 22.2. The second-order valence-corrected chi connectivity index (χ2v) is 8.28. The van der Waals surface area contributed by atoms with Crippen molar-refractivity contribution in [2.24, 2.45) is 0 Å². The van der Waals surface area contributed by atoms with Gasteiger partial charge in [0.2, 0.25) is 10.0 Å². The van der Waals surface area contributed by atoms with E-state index in [0.29, 0.717) is 6.54 Å². The van der Waals surface area contributed by atoms with E-state index in [1.165, 1.54) is 0 Å². The van der Waals surface area contributed by atoms with Gasteiger partial charge < -0.3 is 10.4 Å². The van der Waals surface area contributed by atoms with Gasteiger partial charge >= 0.3 is 0 Å². The molecule has 2 aromatic carbocycles. The van der Waals surface area contributed by atoms with E-state index < -0.39 is 10.0 Å². The SMILES string of the molecule is CS(=O)(=O)NC[C@@H]1N[C@H](CO)[C@@H]1c1ccc(C#Cc2ccccc2)cc1. The summed E-state index contributed by atoms with van der Waals surface area (Å²) < 4.78 is 25.1. The highest BCUT2D eigenvalue weighted by atomic mass is 32.2. The highest BCUT2D eigenvalue weighted by Crippen LogP contribution is 2.32. The van der Waals surface area contributed by atoms with Gasteiger partial charge in [-0.2, -0.15) is 0 Å². The van der Waals surface area contributed by atoms with Crippen LogP contribution in [0.2, 0.25) is 0 Å². The van der Waals surface area contributed by atoms with E-state index in [-0.39, 0.29) is 24.6 Å². The molecule has 26 heavy (non-hydrogen) atoms. The van der Waals surface area contributed by atoms with Gasteiger partial charge in [0.15, 0.2) is 0 Å². The molecule has 0 aliphatic carbocycles. The number of aliphatic hydroxyl groups is 1. The van der Waals surface area contributed by atoms with Crippen molar-refractivity contribution in [2.45, 2.75) is 18.0 Å². The van der Waals surface area contributed by atoms with Crippen LogP contribution in [-0.4, -0.2) is 45.0 Å². The van der Waals surface area contributed by atoms with Crippen molar-refractivity contribution >= 4 is 10.0 Å². The molecule has 136 valence electrons. The van der Waals surface area contributed by atoms with Crippen molar-refractivity contribution in [1.29, 1.82) is 0 Å². The van der Waals surface area contributed by atoms with Crippen molar-refractivity contribution in [2.75, 3.05) is 19.4 Å². The zero-order valence-corrected chi connectivity index (χ0v) is 15.3. The molecule has 3 rings (SSSR count). The fraction of sp³-hybridized carbons (Fsp3) is 0.300. The average molecular weight is 370 g/mol. The smallest absolute Gasteiger partial charge is 0.208 e. The second-order valence-electron chi connectivity index (χ2n) is 6.45. The average Bonchev–Trinajstić information content (AvgIpc) is 2.60. The Kier molecular flexibility index (Phi) is 5.74. The summed E-state index contributed by atoms with van der Waals surface area (Å²) in [4.78, 5) is 0. The number of sulfonamides is 1. The Labute approximate surface area is 154 Å². The third kappa shape index (κ3) is 4.71. The first-order chi connectivity index (χ1) is 12.5. The minimum atomic E-state index is -3.24. The van der Waals surface area contributed by atoms with Gasteiger partial charge in [-0.1, -0.05) is 42.2 Å². The highest BCUT2D eigenvalue weighted by Gasteiger charge is 2.40. The molecule has 0 spiro atoms. The predicted molar refractivity (Wildman–Crippen MR) is 102 cm³/mol. The van der Waals surface area contributed by atoms with Gasteiger partial charge in [-0.3, -0.25) is 0 Å². The second kappa shape index (κ2) is 8.02. The van der Waals surface area contributed by atoms with Crippen LogP contribution in [0.25, 0.3) is 0 Å². The standard InChI is InChI=1S/C20H22N2O3S/c1-26(24,25)21-13-18-20(19(14-23)22-18)17-11-9-16(10-12-17)8-7-15-5-3-2-4-6-15/h2-6,9-12,18-23H,13-14H2,1H3/t18-,19+,20+/m0/s1. The molecule has 0 unspecified atom stereocenters. The molecule has 0 amide bonds. The Hall–Kier alpha value is -2.17. The highest BCUT2D eigenvalue weighted by molar-refractivity contribution is 7.88. The lowest BCUT2D eigenvalue weighted by Crippen LogP contribution is -2.64. The fourth-order valence-electron chi connectivity index (χ4n) is 3.16. The van der Waals surface area contributed by atoms with Gasteiger partial charge in [0, 0.05) is 35.7 Å². The Bertz CT molecular complexity index is 900. The minimum Gasteiger partial charge on any atom is -0.395 e. The lowest BCUT2D eigenvalue weighted by atomic mass is 9.77. The van der Waals surface area contributed by atoms with Crippen LogP contribution in [0.1, 0.15) is 22.6 Å². The van der Waals surface area contributed by atoms with E-state index >= 15 is 0 Å². The van der Waals surface area contributed by atoms with E-state index in [0.717, 1.165) is 22.9 Å². The molecule has 1 heterocycles. The molecular formula is C20H22N2O3S. The van der Waals surface area contributed by atoms with Gasteiger partial charge in [0.25, 0.3) is 0 Å². The van der Waals surface area contributed by atoms with Crippen LogP contribution in [0.5, 0.6) is 0 Å². The molecule has 1 aliphatic rings. The largest absolute Gasteiger partial charge is 0.395 e. The van der Waals surface area contributed by atoms with Crippen molar-refractivity contribution in [3.63, 3.8) is 0 Å². The number of benzene rings is 2. The monoisotopic (exact) mass is 370 g/mol. The zero-order chi connectivity index (χ0) is 18.6. The van der Waals surface area contributed by atoms with E-state index in [4.69, 9.17) is 0 Å². The van der Waals surface area contributed by atoms with Crippen molar-refractivity contribution in [1.82, 2.24) is 10.0 Å². The molecule has 0 aromatic heterocycles. The van der Waals surface area contributed by atoms with Crippen molar-refractivity contribution < 1.29 is 13.5 Å². The van der Waals surface area contributed by atoms with Gasteiger partial charge in [-0.25, -0.2) is 13.1 Å². The molecule has 3 N–H and O–H groups in total. The quantitative estimate of drug-likeness (QED) is 0.688. The van der Waals surface area contributed by atoms with Crippen LogP contribution in [0.15, 0.2) is 54.6 Å². The molecule has 6 heteroatoms. The van der Waals surface area contributed by atoms with Gasteiger partial charge in [-0.15, -0.1) is 0 Å². The maximum absolute atomic E-state index is 11.3. The van der Waals surface area contributed by atoms with Crippen molar-refractivity contribution in [3.05, 3.63) is 71.3 Å². The lowest BCUT2D eigenvalue weighted by Gasteiger charge is -2.46. The molecule has 0 radical (unpaired) electrons. The van der Waals surface area contributed by atoms with Crippen LogP contribution in [-0.2, 0) is 10.0 Å². The first-order valence-electron chi connectivity index (χ1n) is 8.45. The molecule has 5 nitrogen and oxygen atoms in total. The van der Waals surface area contributed by atoms with Crippen LogP contribution >= 0.6 is 0 Å². The lowest BCUT2D eigenvalue weighted by molar-refractivity contribution is 0.129. The maximum Gasteiger partial charge on any atom is 0.208 e. The molecule has 1 saturated heterocycles. The summed E-state index contributed by atoms with van der Waals surface area (Å²) in [6.07, 6.45) is 1.14. The van der Waals surface area contributed by atoms with Crippen LogP contribution in [0.3, 0.4) is 0 Å². The fourth-order valence-corrected chi connectivity index (χ4v) is 3.64. The van der Waals surface area contributed by atoms with Crippen LogP contribution in [0.4, 0.5) is 0 Å². The molecule has 1 fully saturated rings. The number of hydrogen-bond donors (Lipinski definition) is 3. The Morgan fingerprint density at radius 3 is 2.19 bits per heavy atom. The third-order valence-electron chi connectivity index (χ3n) is 4.48. The van der Waals surface area contributed by atoms with E-state index in [2.05, 4.69) is 21.9 Å². The summed E-state index contributed by atoms with van der Waals surface area (Å²) in [5.74, 6) is 6.32. The van der Waals surface area contributed by atoms with Gasteiger partial charge in [-0.05, 0) is 29.8 Å². The molecule has 0 bridgehead atoms. The van der Waals surface area contributed by atoms with E-state index in [9.17, 15) is 13.5 Å². The summed E-state index contributed by atoms with van der Waals surface area (Å²) in [5, 5.41) is 12.7. The topological polar surface area (TPSA) is 78.4 Å². The van der Waals surface area contributed by atoms with Crippen LogP contribution < -0.4 is 10.0 Å². The Morgan fingerprint density at radius 2 is 1.62 bits per heavy atom. The predicted octanol–water partition coefficient (Wildman–Crippen LogP) is 1.05. The third-order valence-corrected chi connectivity index (χ3v) is 5.17. The summed E-state index contributed by atoms with van der Waals surface area (Å²) in [7, 11) is -3.24. The van der Waals surface area contributed by atoms with Crippen molar-refractivity contribution in [3.8, 4) is 11.8 Å².